The first-order valence-corrected chi connectivity index (χ1v) is 6.78. The number of halogens is 2. The van der Waals surface area contributed by atoms with Crippen LogP contribution in [0.3, 0.4) is 0 Å². The molecular formula is C14H15F2NOS. The fourth-order valence-corrected chi connectivity index (χ4v) is 2.85. The summed E-state index contributed by atoms with van der Waals surface area (Å²) in [5.74, 6) is -1.25. The van der Waals surface area contributed by atoms with Crippen LogP contribution >= 0.6 is 11.3 Å². The smallest absolute Gasteiger partial charge is 0.165 e. The van der Waals surface area contributed by atoms with Crippen LogP contribution in [-0.2, 0) is 0 Å². The zero-order chi connectivity index (χ0) is 14.0. The van der Waals surface area contributed by atoms with E-state index < -0.39 is 17.7 Å². The predicted molar refractivity (Wildman–Crippen MR) is 72.4 cm³/mol. The molecule has 0 bridgehead atoms. The van der Waals surface area contributed by atoms with Crippen LogP contribution in [-0.4, -0.2) is 6.04 Å². The van der Waals surface area contributed by atoms with Crippen molar-refractivity contribution in [1.29, 1.82) is 0 Å². The van der Waals surface area contributed by atoms with Gasteiger partial charge in [0, 0.05) is 17.0 Å². The van der Waals surface area contributed by atoms with Crippen molar-refractivity contribution >= 4 is 11.3 Å². The predicted octanol–water partition coefficient (Wildman–Crippen LogP) is 3.80. The molecular weight excluding hydrogens is 268 g/mol. The molecule has 0 spiro atoms. The van der Waals surface area contributed by atoms with Gasteiger partial charge in [-0.05, 0) is 43.0 Å². The number of hydrogen-bond acceptors (Lipinski definition) is 3. The van der Waals surface area contributed by atoms with Gasteiger partial charge in [0.25, 0.3) is 0 Å². The van der Waals surface area contributed by atoms with E-state index in [1.54, 1.807) is 6.92 Å². The Hall–Kier alpha value is -1.46. The average molecular weight is 283 g/mol. The summed E-state index contributed by atoms with van der Waals surface area (Å²) in [6, 6.07) is 4.75. The number of hydrogen-bond donors (Lipinski definition) is 1. The van der Waals surface area contributed by atoms with Gasteiger partial charge in [-0.3, -0.25) is 0 Å². The number of rotatable bonds is 4. The highest BCUT2D eigenvalue weighted by atomic mass is 32.1. The Kier molecular flexibility index (Phi) is 4.17. The van der Waals surface area contributed by atoms with E-state index in [0.29, 0.717) is 0 Å². The molecule has 0 fully saturated rings. The van der Waals surface area contributed by atoms with E-state index in [4.69, 9.17) is 10.5 Å². The summed E-state index contributed by atoms with van der Waals surface area (Å²) in [6.07, 6.45) is -0.490. The topological polar surface area (TPSA) is 35.2 Å². The molecule has 102 valence electrons. The van der Waals surface area contributed by atoms with Crippen molar-refractivity contribution in [3.8, 4) is 5.75 Å². The highest BCUT2D eigenvalue weighted by Gasteiger charge is 2.23. The lowest BCUT2D eigenvalue weighted by Crippen LogP contribution is -2.29. The Morgan fingerprint density at radius 3 is 2.58 bits per heavy atom. The summed E-state index contributed by atoms with van der Waals surface area (Å²) in [7, 11) is 0. The van der Waals surface area contributed by atoms with E-state index in [1.807, 2.05) is 18.4 Å². The lowest BCUT2D eigenvalue weighted by atomic mass is 10.1. The summed E-state index contributed by atoms with van der Waals surface area (Å²) < 4.78 is 32.3. The first-order chi connectivity index (χ1) is 8.99. The molecule has 5 heteroatoms. The Labute approximate surface area is 114 Å². The largest absolute Gasteiger partial charge is 0.480 e. The summed E-state index contributed by atoms with van der Waals surface area (Å²) in [5, 5.41) is 1.92. The van der Waals surface area contributed by atoms with Gasteiger partial charge < -0.3 is 10.5 Å². The van der Waals surface area contributed by atoms with Crippen molar-refractivity contribution in [2.45, 2.75) is 26.0 Å². The van der Waals surface area contributed by atoms with Crippen LogP contribution in [0.1, 0.15) is 23.5 Å². The molecule has 19 heavy (non-hydrogen) atoms. The second kappa shape index (κ2) is 5.67. The van der Waals surface area contributed by atoms with Crippen LogP contribution in [0.2, 0.25) is 0 Å². The molecule has 2 nitrogen and oxygen atoms in total. The third-order valence-corrected chi connectivity index (χ3v) is 3.87. The maximum Gasteiger partial charge on any atom is 0.165 e. The molecule has 0 aliphatic rings. The molecule has 2 aromatic rings. The zero-order valence-electron chi connectivity index (χ0n) is 10.7. The van der Waals surface area contributed by atoms with E-state index in [-0.39, 0.29) is 11.8 Å². The third-order valence-electron chi connectivity index (χ3n) is 2.78. The Balaban J connectivity index is 2.32. The normalized spacial score (nSPS) is 14.2. The van der Waals surface area contributed by atoms with E-state index in [9.17, 15) is 8.78 Å². The number of nitrogens with two attached hydrogens (primary N) is 1. The number of aryl methyl sites for hydroxylation is 1. The summed E-state index contributed by atoms with van der Waals surface area (Å²) in [5.41, 5.74) is 6.93. The van der Waals surface area contributed by atoms with Crippen LogP contribution < -0.4 is 10.5 Å². The molecule has 0 aliphatic carbocycles. The van der Waals surface area contributed by atoms with E-state index >= 15 is 0 Å². The third kappa shape index (κ3) is 3.11. The molecule has 1 aromatic heterocycles. The van der Waals surface area contributed by atoms with Gasteiger partial charge in [-0.2, -0.15) is 0 Å². The number of benzene rings is 1. The molecule has 2 atom stereocenters. The van der Waals surface area contributed by atoms with Gasteiger partial charge >= 0.3 is 0 Å². The molecule has 0 saturated carbocycles. The van der Waals surface area contributed by atoms with E-state index in [2.05, 4.69) is 0 Å². The average Bonchev–Trinajstić information content (AvgIpc) is 2.76. The lowest BCUT2D eigenvalue weighted by Gasteiger charge is -2.22. The molecule has 1 aromatic carbocycles. The van der Waals surface area contributed by atoms with Gasteiger partial charge in [-0.25, -0.2) is 8.78 Å². The summed E-state index contributed by atoms with van der Waals surface area (Å²) in [6.45, 7) is 3.72. The Morgan fingerprint density at radius 2 is 2.00 bits per heavy atom. The van der Waals surface area contributed by atoms with Crippen molar-refractivity contribution in [1.82, 2.24) is 0 Å². The minimum absolute atomic E-state index is 0.116. The van der Waals surface area contributed by atoms with Crippen LogP contribution in [0, 0.1) is 18.6 Å². The van der Waals surface area contributed by atoms with Gasteiger partial charge in [0.05, 0.1) is 0 Å². The van der Waals surface area contributed by atoms with Crippen molar-refractivity contribution in [2.24, 2.45) is 5.73 Å². The summed E-state index contributed by atoms with van der Waals surface area (Å²) >= 11 is 1.49. The van der Waals surface area contributed by atoms with Gasteiger partial charge in [0.15, 0.2) is 11.6 Å². The van der Waals surface area contributed by atoms with Crippen LogP contribution in [0.5, 0.6) is 5.75 Å². The second-order valence-corrected chi connectivity index (χ2v) is 5.39. The van der Waals surface area contributed by atoms with Gasteiger partial charge in [-0.15, -0.1) is 11.3 Å². The zero-order valence-corrected chi connectivity index (χ0v) is 11.5. The van der Waals surface area contributed by atoms with Gasteiger partial charge in [0.1, 0.15) is 11.9 Å². The molecule has 2 N–H and O–H groups in total. The molecule has 0 radical (unpaired) electrons. The molecule has 0 aliphatic heterocycles. The molecule has 0 amide bonds. The number of thiophene rings is 1. The molecule has 2 unspecified atom stereocenters. The number of ether oxygens (including phenoxy) is 1. The lowest BCUT2D eigenvalue weighted by molar-refractivity contribution is 0.174. The van der Waals surface area contributed by atoms with Crippen LogP contribution in [0.15, 0.2) is 29.6 Å². The first-order valence-electron chi connectivity index (χ1n) is 5.90. The standard InChI is InChI=1S/C14H15F2NOS/c1-8-5-6-19-14(8)13(9(2)17)18-12-7-10(15)3-4-11(12)16/h3-7,9,13H,17H2,1-2H3. The van der Waals surface area contributed by atoms with E-state index in [0.717, 1.165) is 28.6 Å². The highest BCUT2D eigenvalue weighted by Crippen LogP contribution is 2.31. The van der Waals surface area contributed by atoms with Crippen molar-refractivity contribution in [3.63, 3.8) is 0 Å². The quantitative estimate of drug-likeness (QED) is 0.926. The molecule has 2 rings (SSSR count). The minimum atomic E-state index is -0.596. The van der Waals surface area contributed by atoms with Crippen molar-refractivity contribution in [2.75, 3.05) is 0 Å². The van der Waals surface area contributed by atoms with Crippen LogP contribution in [0.25, 0.3) is 0 Å². The monoisotopic (exact) mass is 283 g/mol. The first kappa shape index (κ1) is 14.0. The van der Waals surface area contributed by atoms with Crippen molar-refractivity contribution in [3.05, 3.63) is 51.7 Å². The Bertz CT molecular complexity index is 568. The molecule has 1 heterocycles. The fourth-order valence-electron chi connectivity index (χ4n) is 1.78. The van der Waals surface area contributed by atoms with Crippen molar-refractivity contribution < 1.29 is 13.5 Å². The Morgan fingerprint density at radius 1 is 1.26 bits per heavy atom. The van der Waals surface area contributed by atoms with Crippen LogP contribution in [0.4, 0.5) is 8.78 Å². The maximum atomic E-state index is 13.6. The summed E-state index contributed by atoms with van der Waals surface area (Å²) in [4.78, 5) is 0.929. The maximum absolute atomic E-state index is 13.6. The fraction of sp³-hybridized carbons (Fsp3) is 0.286. The van der Waals surface area contributed by atoms with E-state index in [1.165, 1.54) is 11.3 Å². The highest BCUT2D eigenvalue weighted by molar-refractivity contribution is 7.10. The second-order valence-electron chi connectivity index (χ2n) is 4.44. The van der Waals surface area contributed by atoms with Gasteiger partial charge in [0.2, 0.25) is 0 Å². The SMILES string of the molecule is Cc1ccsc1C(Oc1cc(F)ccc1F)C(C)N. The molecule has 0 saturated heterocycles. The van der Waals surface area contributed by atoms with Gasteiger partial charge in [-0.1, -0.05) is 0 Å². The minimum Gasteiger partial charge on any atom is -0.480 e.